The molecule has 4 N–H and O–H groups in total. The zero-order valence-corrected chi connectivity index (χ0v) is 10.6. The average molecular weight is 323 g/mol. The standard InChI is InChI=1S/C8H9Br2N3O/c1-12-8(14)13-7-5(10)2-4(9)3-6(7)11/h2-3H,11H2,1H3,(H2,12,13,14). The summed E-state index contributed by atoms with van der Waals surface area (Å²) in [6.45, 7) is 0. The molecule has 0 spiro atoms. The van der Waals surface area contributed by atoms with Crippen molar-refractivity contribution >= 4 is 49.3 Å². The number of nitrogen functional groups attached to an aromatic ring is 1. The average Bonchev–Trinajstić information content (AvgIpc) is 2.10. The second kappa shape index (κ2) is 4.65. The van der Waals surface area contributed by atoms with Crippen molar-refractivity contribution in [3.63, 3.8) is 0 Å². The zero-order valence-electron chi connectivity index (χ0n) is 7.40. The Bertz CT molecular complexity index is 345. The van der Waals surface area contributed by atoms with Crippen LogP contribution in [0, 0.1) is 0 Å². The van der Waals surface area contributed by atoms with Crippen LogP contribution in [0.3, 0.4) is 0 Å². The first-order chi connectivity index (χ1) is 6.54. The summed E-state index contributed by atoms with van der Waals surface area (Å²) in [5.41, 5.74) is 6.78. The summed E-state index contributed by atoms with van der Waals surface area (Å²) >= 11 is 6.60. The van der Waals surface area contributed by atoms with Crippen molar-refractivity contribution in [2.75, 3.05) is 18.1 Å². The smallest absolute Gasteiger partial charge is 0.319 e. The van der Waals surface area contributed by atoms with Gasteiger partial charge in [-0.3, -0.25) is 0 Å². The van der Waals surface area contributed by atoms with Gasteiger partial charge < -0.3 is 16.4 Å². The van der Waals surface area contributed by atoms with E-state index >= 15 is 0 Å². The number of halogens is 2. The highest BCUT2D eigenvalue weighted by molar-refractivity contribution is 9.11. The number of nitrogens with one attached hydrogen (secondary N) is 2. The van der Waals surface area contributed by atoms with Gasteiger partial charge in [0.1, 0.15) is 0 Å². The molecule has 14 heavy (non-hydrogen) atoms. The number of anilines is 2. The third-order valence-electron chi connectivity index (χ3n) is 1.55. The predicted molar refractivity (Wildman–Crippen MR) is 64.3 cm³/mol. The Kier molecular flexibility index (Phi) is 3.77. The molecule has 1 aromatic carbocycles. The van der Waals surface area contributed by atoms with Gasteiger partial charge in [-0.05, 0) is 28.1 Å². The molecular formula is C8H9Br2N3O. The minimum absolute atomic E-state index is 0.306. The van der Waals surface area contributed by atoms with E-state index in [0.29, 0.717) is 11.4 Å². The lowest BCUT2D eigenvalue weighted by molar-refractivity contribution is 0.254. The van der Waals surface area contributed by atoms with Crippen LogP contribution in [0.15, 0.2) is 21.1 Å². The van der Waals surface area contributed by atoms with Crippen molar-refractivity contribution in [1.82, 2.24) is 5.32 Å². The molecule has 0 saturated carbocycles. The van der Waals surface area contributed by atoms with E-state index in [4.69, 9.17) is 5.73 Å². The Morgan fingerprint density at radius 3 is 2.57 bits per heavy atom. The molecule has 0 fully saturated rings. The number of amides is 2. The summed E-state index contributed by atoms with van der Waals surface area (Å²) in [5.74, 6) is 0. The fraction of sp³-hybridized carbons (Fsp3) is 0.125. The molecule has 1 aromatic rings. The lowest BCUT2D eigenvalue weighted by Gasteiger charge is -2.10. The van der Waals surface area contributed by atoms with Crippen LogP contribution in [0.4, 0.5) is 16.2 Å². The summed E-state index contributed by atoms with van der Waals surface area (Å²) in [7, 11) is 1.54. The maximum Gasteiger partial charge on any atom is 0.319 e. The number of benzene rings is 1. The van der Waals surface area contributed by atoms with Gasteiger partial charge in [0.15, 0.2) is 0 Å². The molecule has 0 aliphatic heterocycles. The van der Waals surface area contributed by atoms with Crippen LogP contribution in [0.1, 0.15) is 0 Å². The van der Waals surface area contributed by atoms with Gasteiger partial charge in [-0.15, -0.1) is 0 Å². The van der Waals surface area contributed by atoms with E-state index in [1.165, 1.54) is 7.05 Å². The number of carbonyl (C=O) groups excluding carboxylic acids is 1. The van der Waals surface area contributed by atoms with Crippen molar-refractivity contribution in [1.29, 1.82) is 0 Å². The predicted octanol–water partition coefficient (Wildman–Crippen LogP) is 2.55. The topological polar surface area (TPSA) is 67.2 Å². The number of nitrogens with two attached hydrogens (primary N) is 1. The molecule has 76 valence electrons. The maximum atomic E-state index is 11.1. The number of hydrogen-bond donors (Lipinski definition) is 3. The second-order valence-corrected chi connectivity index (χ2v) is 4.33. The van der Waals surface area contributed by atoms with Gasteiger partial charge in [-0.2, -0.15) is 0 Å². The largest absolute Gasteiger partial charge is 0.397 e. The summed E-state index contributed by atoms with van der Waals surface area (Å²) in [6.07, 6.45) is 0. The Balaban J connectivity index is 3.02. The van der Waals surface area contributed by atoms with Crippen LogP contribution >= 0.6 is 31.9 Å². The SMILES string of the molecule is CNC(=O)Nc1c(N)cc(Br)cc1Br. The number of hydrogen-bond acceptors (Lipinski definition) is 2. The highest BCUT2D eigenvalue weighted by atomic mass is 79.9. The van der Waals surface area contributed by atoms with Crippen LogP contribution in [-0.2, 0) is 0 Å². The minimum Gasteiger partial charge on any atom is -0.397 e. The van der Waals surface area contributed by atoms with Crippen LogP contribution in [0.25, 0.3) is 0 Å². The number of rotatable bonds is 1. The van der Waals surface area contributed by atoms with E-state index in [-0.39, 0.29) is 6.03 Å². The molecule has 2 amide bonds. The van der Waals surface area contributed by atoms with Gasteiger partial charge >= 0.3 is 6.03 Å². The monoisotopic (exact) mass is 321 g/mol. The minimum atomic E-state index is -0.306. The normalized spacial score (nSPS) is 9.64. The maximum absolute atomic E-state index is 11.1. The quantitative estimate of drug-likeness (QED) is 0.696. The first-order valence-electron chi connectivity index (χ1n) is 3.78. The van der Waals surface area contributed by atoms with Gasteiger partial charge in [-0.25, -0.2) is 4.79 Å². The van der Waals surface area contributed by atoms with Crippen molar-refractivity contribution in [2.45, 2.75) is 0 Å². The first kappa shape index (κ1) is 11.3. The second-order valence-electron chi connectivity index (χ2n) is 2.56. The van der Waals surface area contributed by atoms with E-state index in [9.17, 15) is 4.79 Å². The van der Waals surface area contributed by atoms with Crippen LogP contribution in [0.5, 0.6) is 0 Å². The summed E-state index contributed by atoms with van der Waals surface area (Å²) in [6, 6.07) is 3.22. The third kappa shape index (κ3) is 2.62. The van der Waals surface area contributed by atoms with E-state index in [1.54, 1.807) is 6.07 Å². The molecule has 0 heterocycles. The van der Waals surface area contributed by atoms with Crippen molar-refractivity contribution in [3.05, 3.63) is 21.1 Å². The molecule has 0 saturated heterocycles. The zero-order chi connectivity index (χ0) is 10.7. The Morgan fingerprint density at radius 2 is 2.07 bits per heavy atom. The molecular weight excluding hydrogens is 314 g/mol. The molecule has 0 unspecified atom stereocenters. The molecule has 0 aliphatic rings. The third-order valence-corrected chi connectivity index (χ3v) is 2.63. The van der Waals surface area contributed by atoms with Gasteiger partial charge in [0, 0.05) is 16.0 Å². The molecule has 1 rings (SSSR count). The van der Waals surface area contributed by atoms with Gasteiger partial charge in [0.05, 0.1) is 11.4 Å². The summed E-state index contributed by atoms with van der Waals surface area (Å²) < 4.78 is 1.58. The summed E-state index contributed by atoms with van der Waals surface area (Å²) in [4.78, 5) is 11.1. The van der Waals surface area contributed by atoms with Gasteiger partial charge in [-0.1, -0.05) is 15.9 Å². The highest BCUT2D eigenvalue weighted by Gasteiger charge is 2.08. The fourth-order valence-electron chi connectivity index (χ4n) is 0.901. The molecule has 4 nitrogen and oxygen atoms in total. The molecule has 0 atom stereocenters. The van der Waals surface area contributed by atoms with E-state index in [2.05, 4.69) is 42.5 Å². The fourth-order valence-corrected chi connectivity index (χ4v) is 2.26. The van der Waals surface area contributed by atoms with Crippen molar-refractivity contribution in [2.24, 2.45) is 0 Å². The summed E-state index contributed by atoms with van der Waals surface area (Å²) in [5, 5.41) is 5.06. The Labute approximate surface area is 98.5 Å². The van der Waals surface area contributed by atoms with Crippen LogP contribution < -0.4 is 16.4 Å². The van der Waals surface area contributed by atoms with E-state index in [1.807, 2.05) is 6.07 Å². The van der Waals surface area contributed by atoms with Crippen molar-refractivity contribution < 1.29 is 4.79 Å². The Morgan fingerprint density at radius 1 is 1.43 bits per heavy atom. The lowest BCUT2D eigenvalue weighted by atomic mass is 10.3. The first-order valence-corrected chi connectivity index (χ1v) is 5.36. The number of carbonyl (C=O) groups is 1. The van der Waals surface area contributed by atoms with Crippen molar-refractivity contribution in [3.8, 4) is 0 Å². The van der Waals surface area contributed by atoms with E-state index in [0.717, 1.165) is 8.95 Å². The molecule has 6 heteroatoms. The van der Waals surface area contributed by atoms with Gasteiger partial charge in [0.2, 0.25) is 0 Å². The van der Waals surface area contributed by atoms with Crippen LogP contribution in [0.2, 0.25) is 0 Å². The molecule has 0 aliphatic carbocycles. The molecule has 0 aromatic heterocycles. The Hall–Kier alpha value is -0.750. The molecule has 0 radical (unpaired) electrons. The van der Waals surface area contributed by atoms with E-state index < -0.39 is 0 Å². The number of urea groups is 1. The highest BCUT2D eigenvalue weighted by Crippen LogP contribution is 2.32. The molecule has 0 bridgehead atoms. The van der Waals surface area contributed by atoms with Crippen LogP contribution in [-0.4, -0.2) is 13.1 Å². The lowest BCUT2D eigenvalue weighted by Crippen LogP contribution is -2.25. The van der Waals surface area contributed by atoms with Gasteiger partial charge in [0.25, 0.3) is 0 Å².